The number of methoxy groups -OCH3 is 1. The highest BCUT2D eigenvalue weighted by molar-refractivity contribution is 7.80. The maximum atomic E-state index is 12.2. The number of hydrogen-bond acceptors (Lipinski definition) is 6. The molecular formula is C24H26N4O3S. The summed E-state index contributed by atoms with van der Waals surface area (Å²) in [6.07, 6.45) is 1.78. The largest absolute Gasteiger partial charge is 0.465 e. The Kier molecular flexibility index (Phi) is 6.53. The van der Waals surface area contributed by atoms with Gasteiger partial charge in [0.1, 0.15) is 17.6 Å². The molecule has 1 aromatic carbocycles. The van der Waals surface area contributed by atoms with Gasteiger partial charge in [0.25, 0.3) is 0 Å². The van der Waals surface area contributed by atoms with Crippen molar-refractivity contribution >= 4 is 23.3 Å². The Hall–Kier alpha value is -3.23. The number of ether oxygens (including phenoxy) is 1. The third-order valence-corrected chi connectivity index (χ3v) is 5.85. The van der Waals surface area contributed by atoms with Gasteiger partial charge in [0.05, 0.1) is 24.4 Å². The van der Waals surface area contributed by atoms with E-state index in [0.717, 1.165) is 24.5 Å². The molecule has 0 aliphatic carbocycles. The minimum absolute atomic E-state index is 0.152. The van der Waals surface area contributed by atoms with Gasteiger partial charge in [0.2, 0.25) is 0 Å². The number of likely N-dealkylation sites (N-methyl/N-ethyl adjacent to an activating group) is 1. The van der Waals surface area contributed by atoms with Crippen molar-refractivity contribution in [1.82, 2.24) is 20.1 Å². The van der Waals surface area contributed by atoms with Gasteiger partial charge in [-0.05, 0) is 56.6 Å². The Morgan fingerprint density at radius 3 is 2.69 bits per heavy atom. The Morgan fingerprint density at radius 1 is 1.19 bits per heavy atom. The Labute approximate surface area is 193 Å². The first kappa shape index (κ1) is 22.0. The second-order valence-electron chi connectivity index (χ2n) is 7.86. The van der Waals surface area contributed by atoms with Crippen molar-refractivity contribution in [2.24, 2.45) is 0 Å². The molecule has 1 aliphatic rings. The fraction of sp³-hybridized carbons (Fsp3) is 0.292. The van der Waals surface area contributed by atoms with Gasteiger partial charge in [-0.15, -0.1) is 0 Å². The summed E-state index contributed by atoms with van der Waals surface area (Å²) < 4.78 is 11.3. The van der Waals surface area contributed by atoms with Crippen molar-refractivity contribution in [3.8, 4) is 11.3 Å². The molecule has 32 heavy (non-hydrogen) atoms. The molecule has 3 heterocycles. The first-order valence-corrected chi connectivity index (χ1v) is 10.8. The van der Waals surface area contributed by atoms with Crippen LogP contribution >= 0.6 is 12.2 Å². The van der Waals surface area contributed by atoms with Gasteiger partial charge in [0, 0.05) is 24.8 Å². The van der Waals surface area contributed by atoms with Crippen LogP contribution in [0.15, 0.2) is 65.2 Å². The quantitative estimate of drug-likeness (QED) is 0.432. The molecule has 2 atom stereocenters. The number of nitrogens with one attached hydrogen (secondary N) is 1. The Morgan fingerprint density at radius 2 is 1.97 bits per heavy atom. The van der Waals surface area contributed by atoms with Gasteiger partial charge in [-0.3, -0.25) is 4.98 Å². The van der Waals surface area contributed by atoms with E-state index >= 15 is 0 Å². The molecule has 0 spiro atoms. The molecule has 1 saturated heterocycles. The third-order valence-electron chi connectivity index (χ3n) is 5.50. The van der Waals surface area contributed by atoms with Crippen molar-refractivity contribution < 1.29 is 13.9 Å². The molecule has 4 rings (SSSR count). The minimum atomic E-state index is -0.402. The summed E-state index contributed by atoms with van der Waals surface area (Å²) in [7, 11) is 5.44. The van der Waals surface area contributed by atoms with E-state index in [1.54, 1.807) is 18.3 Å². The van der Waals surface area contributed by atoms with Crippen LogP contribution in [0.25, 0.3) is 11.3 Å². The molecule has 1 fully saturated rings. The summed E-state index contributed by atoms with van der Waals surface area (Å²) in [4.78, 5) is 21.1. The number of furan rings is 1. The monoisotopic (exact) mass is 450 g/mol. The molecule has 0 bridgehead atoms. The molecule has 7 nitrogen and oxygen atoms in total. The number of carbonyl (C=O) groups is 1. The van der Waals surface area contributed by atoms with Crippen LogP contribution in [-0.4, -0.2) is 60.2 Å². The number of pyridine rings is 1. The Bertz CT molecular complexity index is 1100. The maximum Gasteiger partial charge on any atom is 0.338 e. The van der Waals surface area contributed by atoms with Gasteiger partial charge in [-0.25, -0.2) is 4.79 Å². The van der Waals surface area contributed by atoms with E-state index < -0.39 is 5.97 Å². The number of esters is 1. The smallest absolute Gasteiger partial charge is 0.338 e. The second kappa shape index (κ2) is 9.50. The topological polar surface area (TPSA) is 70.8 Å². The summed E-state index contributed by atoms with van der Waals surface area (Å²) in [6.45, 7) is 1.58. The molecular weight excluding hydrogens is 424 g/mol. The molecule has 8 heteroatoms. The van der Waals surface area contributed by atoms with Crippen molar-refractivity contribution in [2.75, 3.05) is 34.3 Å². The van der Waals surface area contributed by atoms with E-state index in [4.69, 9.17) is 21.4 Å². The van der Waals surface area contributed by atoms with E-state index in [-0.39, 0.29) is 12.1 Å². The molecule has 0 saturated carbocycles. The highest BCUT2D eigenvalue weighted by atomic mass is 32.1. The SMILES string of the molecule is COC(=O)c1ccccc1-c1ccc([C@@H]2[C@H](c3ccccn3)NC(=S)N2CCN(C)C)o1. The second-order valence-corrected chi connectivity index (χ2v) is 8.25. The lowest BCUT2D eigenvalue weighted by Gasteiger charge is -2.27. The lowest BCUT2D eigenvalue weighted by molar-refractivity contribution is 0.0601. The van der Waals surface area contributed by atoms with E-state index in [9.17, 15) is 4.79 Å². The van der Waals surface area contributed by atoms with Crippen LogP contribution in [-0.2, 0) is 4.74 Å². The van der Waals surface area contributed by atoms with Crippen LogP contribution in [0.3, 0.4) is 0 Å². The van der Waals surface area contributed by atoms with Gasteiger partial charge < -0.3 is 24.3 Å². The first-order chi connectivity index (χ1) is 15.5. The average molecular weight is 451 g/mol. The summed E-state index contributed by atoms with van der Waals surface area (Å²) in [5.41, 5.74) is 2.04. The number of benzene rings is 1. The predicted molar refractivity (Wildman–Crippen MR) is 126 cm³/mol. The standard InChI is InChI=1S/C24H26N4O3S/c1-27(2)14-15-28-22(21(26-24(28)32)18-10-6-7-13-25-18)20-12-11-19(31-20)16-8-4-5-9-17(16)23(29)30-3/h4-13,21-22H,14-15H2,1-3H3,(H,26,32)/t21-,22+/m0/s1. The minimum Gasteiger partial charge on any atom is -0.465 e. The van der Waals surface area contributed by atoms with Crippen molar-refractivity contribution in [2.45, 2.75) is 12.1 Å². The number of rotatable bonds is 7. The molecule has 2 aromatic heterocycles. The number of aromatic nitrogens is 1. The van der Waals surface area contributed by atoms with Crippen molar-refractivity contribution in [3.05, 3.63) is 77.8 Å². The zero-order valence-corrected chi connectivity index (χ0v) is 19.1. The first-order valence-electron chi connectivity index (χ1n) is 10.4. The van der Waals surface area contributed by atoms with Crippen LogP contribution in [0.5, 0.6) is 0 Å². The van der Waals surface area contributed by atoms with Gasteiger partial charge in [-0.2, -0.15) is 0 Å². The highest BCUT2D eigenvalue weighted by Crippen LogP contribution is 2.40. The fourth-order valence-electron chi connectivity index (χ4n) is 3.91. The number of nitrogens with zero attached hydrogens (tertiary/aromatic N) is 3. The number of carbonyl (C=O) groups excluding carboxylic acids is 1. The molecule has 166 valence electrons. The van der Waals surface area contributed by atoms with Gasteiger partial charge in [0.15, 0.2) is 5.11 Å². The van der Waals surface area contributed by atoms with Crippen LogP contribution < -0.4 is 5.32 Å². The lowest BCUT2D eigenvalue weighted by Crippen LogP contribution is -2.35. The number of hydrogen-bond donors (Lipinski definition) is 1. The molecule has 0 unspecified atom stereocenters. The summed E-state index contributed by atoms with van der Waals surface area (Å²) in [6, 6.07) is 16.6. The maximum absolute atomic E-state index is 12.2. The van der Waals surface area contributed by atoms with Gasteiger partial charge in [-0.1, -0.05) is 24.3 Å². The highest BCUT2D eigenvalue weighted by Gasteiger charge is 2.41. The third kappa shape index (κ3) is 4.37. The van der Waals surface area contributed by atoms with Crippen molar-refractivity contribution in [3.63, 3.8) is 0 Å². The molecule has 1 N–H and O–H groups in total. The Balaban J connectivity index is 1.73. The van der Waals surface area contributed by atoms with Crippen LogP contribution in [0.4, 0.5) is 0 Å². The van der Waals surface area contributed by atoms with Gasteiger partial charge >= 0.3 is 5.97 Å². The van der Waals surface area contributed by atoms with E-state index in [1.807, 2.05) is 56.6 Å². The van der Waals surface area contributed by atoms with Crippen LogP contribution in [0.1, 0.15) is 33.9 Å². The number of thiocarbonyl (C=S) groups is 1. The average Bonchev–Trinajstić information content (AvgIpc) is 3.42. The van der Waals surface area contributed by atoms with Crippen LogP contribution in [0.2, 0.25) is 0 Å². The summed E-state index contributed by atoms with van der Waals surface area (Å²) in [5, 5.41) is 4.09. The van der Waals surface area contributed by atoms with Crippen molar-refractivity contribution in [1.29, 1.82) is 0 Å². The zero-order chi connectivity index (χ0) is 22.7. The molecule has 0 amide bonds. The zero-order valence-electron chi connectivity index (χ0n) is 18.3. The molecule has 3 aromatic rings. The predicted octanol–water partition coefficient (Wildman–Crippen LogP) is 3.66. The van der Waals surface area contributed by atoms with E-state index in [1.165, 1.54) is 7.11 Å². The lowest BCUT2D eigenvalue weighted by atomic mass is 10.0. The fourth-order valence-corrected chi connectivity index (χ4v) is 4.24. The normalized spacial score (nSPS) is 18.1. The van der Waals surface area contributed by atoms with Crippen LogP contribution in [0, 0.1) is 0 Å². The van der Waals surface area contributed by atoms with E-state index in [2.05, 4.69) is 20.1 Å². The molecule has 0 radical (unpaired) electrons. The summed E-state index contributed by atoms with van der Waals surface area (Å²) in [5.74, 6) is 0.953. The summed E-state index contributed by atoms with van der Waals surface area (Å²) >= 11 is 5.68. The molecule has 1 aliphatic heterocycles. The van der Waals surface area contributed by atoms with E-state index in [0.29, 0.717) is 22.0 Å².